The second kappa shape index (κ2) is 7.97. The molecule has 114 valence electrons. The normalized spacial score (nSPS) is 12.5. The van der Waals surface area contributed by atoms with Crippen LogP contribution in [0.5, 0.6) is 17.2 Å². The third-order valence-corrected chi connectivity index (χ3v) is 3.11. The zero-order chi connectivity index (χ0) is 15.1. The first kappa shape index (κ1) is 16.6. The van der Waals surface area contributed by atoms with Crippen molar-refractivity contribution in [3.05, 3.63) is 17.7 Å². The molecule has 1 aromatic carbocycles. The number of aromatic hydroxyl groups is 1. The van der Waals surface area contributed by atoms with E-state index in [2.05, 4.69) is 19.2 Å². The van der Waals surface area contributed by atoms with Crippen LogP contribution < -0.4 is 14.8 Å². The Bertz CT molecular complexity index is 395. The molecule has 0 bridgehead atoms. The quantitative estimate of drug-likeness (QED) is 0.680. The van der Waals surface area contributed by atoms with Gasteiger partial charge in [0.25, 0.3) is 0 Å². The van der Waals surface area contributed by atoms with E-state index in [-0.39, 0.29) is 18.4 Å². The van der Waals surface area contributed by atoms with Crippen LogP contribution >= 0.6 is 0 Å². The van der Waals surface area contributed by atoms with E-state index < -0.39 is 0 Å². The number of nitrogens with one attached hydrogen (secondary N) is 1. The van der Waals surface area contributed by atoms with Crippen LogP contribution in [0.25, 0.3) is 0 Å². The predicted octanol–water partition coefficient (Wildman–Crippen LogP) is 1.91. The summed E-state index contributed by atoms with van der Waals surface area (Å²) in [5.41, 5.74) is 0.929. The molecule has 0 aromatic heterocycles. The third kappa shape index (κ3) is 4.58. The SMILES string of the molecule is COc1cc(CNC(CO)CC(C)C)cc(OC)c1O. The maximum Gasteiger partial charge on any atom is 0.200 e. The van der Waals surface area contributed by atoms with Crippen LogP contribution in [0.15, 0.2) is 12.1 Å². The van der Waals surface area contributed by atoms with Crippen molar-refractivity contribution in [2.24, 2.45) is 5.92 Å². The molecule has 0 amide bonds. The first-order chi connectivity index (χ1) is 9.51. The van der Waals surface area contributed by atoms with Gasteiger partial charge in [0.05, 0.1) is 20.8 Å². The van der Waals surface area contributed by atoms with Crippen molar-refractivity contribution in [1.29, 1.82) is 0 Å². The topological polar surface area (TPSA) is 71.0 Å². The number of phenolic OH excluding ortho intramolecular Hbond substituents is 1. The molecule has 0 saturated heterocycles. The molecule has 0 spiro atoms. The van der Waals surface area contributed by atoms with Gasteiger partial charge in [-0.25, -0.2) is 0 Å². The molecule has 0 fully saturated rings. The fraction of sp³-hybridized carbons (Fsp3) is 0.600. The molecule has 0 aliphatic heterocycles. The predicted molar refractivity (Wildman–Crippen MR) is 78.4 cm³/mol. The van der Waals surface area contributed by atoms with Crippen molar-refractivity contribution in [2.45, 2.75) is 32.9 Å². The zero-order valence-corrected chi connectivity index (χ0v) is 12.6. The lowest BCUT2D eigenvalue weighted by atomic mass is 10.0. The van der Waals surface area contributed by atoms with Gasteiger partial charge in [-0.15, -0.1) is 0 Å². The van der Waals surface area contributed by atoms with E-state index >= 15 is 0 Å². The van der Waals surface area contributed by atoms with Crippen LogP contribution in [-0.2, 0) is 6.54 Å². The lowest BCUT2D eigenvalue weighted by Crippen LogP contribution is -2.33. The van der Waals surface area contributed by atoms with Crippen molar-refractivity contribution in [3.8, 4) is 17.2 Å². The van der Waals surface area contributed by atoms with Crippen LogP contribution in [0.4, 0.5) is 0 Å². The first-order valence-corrected chi connectivity index (χ1v) is 6.79. The van der Waals surface area contributed by atoms with E-state index in [9.17, 15) is 10.2 Å². The minimum atomic E-state index is -0.000335. The van der Waals surface area contributed by atoms with E-state index in [0.29, 0.717) is 24.0 Å². The zero-order valence-electron chi connectivity index (χ0n) is 12.6. The summed E-state index contributed by atoms with van der Waals surface area (Å²) in [5.74, 6) is 1.28. The van der Waals surface area contributed by atoms with Crippen molar-refractivity contribution >= 4 is 0 Å². The molecule has 5 heteroatoms. The van der Waals surface area contributed by atoms with Gasteiger partial charge >= 0.3 is 0 Å². The Kier molecular flexibility index (Phi) is 6.61. The van der Waals surface area contributed by atoms with Gasteiger partial charge in [-0.3, -0.25) is 0 Å². The molecule has 1 rings (SSSR count). The highest BCUT2D eigenvalue weighted by Crippen LogP contribution is 2.37. The number of ether oxygens (including phenoxy) is 2. The fourth-order valence-electron chi connectivity index (χ4n) is 2.10. The average molecular weight is 283 g/mol. The number of hydrogen-bond donors (Lipinski definition) is 3. The Morgan fingerprint density at radius 3 is 2.10 bits per heavy atom. The van der Waals surface area contributed by atoms with Crippen molar-refractivity contribution in [1.82, 2.24) is 5.32 Å². The van der Waals surface area contributed by atoms with E-state index in [1.165, 1.54) is 14.2 Å². The summed E-state index contributed by atoms with van der Waals surface area (Å²) < 4.78 is 10.2. The molecule has 1 atom stereocenters. The average Bonchev–Trinajstić information content (AvgIpc) is 2.44. The summed E-state index contributed by atoms with van der Waals surface area (Å²) >= 11 is 0. The van der Waals surface area contributed by atoms with Gasteiger partial charge in [0.2, 0.25) is 5.75 Å². The Morgan fingerprint density at radius 1 is 1.15 bits per heavy atom. The van der Waals surface area contributed by atoms with E-state index in [4.69, 9.17) is 9.47 Å². The number of aliphatic hydroxyl groups is 1. The minimum absolute atomic E-state index is 0.000335. The standard InChI is InChI=1S/C15H25NO4/c1-10(2)5-12(9-17)16-8-11-6-13(19-3)15(18)14(7-11)20-4/h6-7,10,12,16-18H,5,8-9H2,1-4H3. The van der Waals surface area contributed by atoms with E-state index in [1.807, 2.05) is 0 Å². The lowest BCUT2D eigenvalue weighted by Gasteiger charge is -2.19. The Balaban J connectivity index is 2.76. The highest BCUT2D eigenvalue weighted by atomic mass is 16.5. The van der Waals surface area contributed by atoms with Crippen LogP contribution in [0.2, 0.25) is 0 Å². The first-order valence-electron chi connectivity index (χ1n) is 6.79. The summed E-state index contributed by atoms with van der Waals surface area (Å²) in [6, 6.07) is 3.57. The molecule has 0 aliphatic carbocycles. The highest BCUT2D eigenvalue weighted by molar-refractivity contribution is 5.52. The summed E-state index contributed by atoms with van der Waals surface area (Å²) in [4.78, 5) is 0. The maximum atomic E-state index is 9.85. The number of hydrogen-bond acceptors (Lipinski definition) is 5. The van der Waals surface area contributed by atoms with Crippen molar-refractivity contribution < 1.29 is 19.7 Å². The fourth-order valence-corrected chi connectivity index (χ4v) is 2.10. The molecule has 0 radical (unpaired) electrons. The third-order valence-electron chi connectivity index (χ3n) is 3.11. The van der Waals surface area contributed by atoms with Gasteiger partial charge in [-0.2, -0.15) is 0 Å². The van der Waals surface area contributed by atoms with Crippen LogP contribution in [0, 0.1) is 5.92 Å². The molecular formula is C15H25NO4. The second-order valence-corrected chi connectivity index (χ2v) is 5.24. The van der Waals surface area contributed by atoms with Gasteiger partial charge in [-0.1, -0.05) is 13.8 Å². The summed E-state index contributed by atoms with van der Waals surface area (Å²) in [6.45, 7) is 4.92. The molecule has 0 saturated carbocycles. The van der Waals surface area contributed by atoms with Crippen molar-refractivity contribution in [2.75, 3.05) is 20.8 Å². The van der Waals surface area contributed by atoms with Gasteiger partial charge in [0.1, 0.15) is 0 Å². The molecule has 20 heavy (non-hydrogen) atoms. The molecule has 1 aromatic rings. The number of aliphatic hydroxyl groups excluding tert-OH is 1. The largest absolute Gasteiger partial charge is 0.502 e. The molecular weight excluding hydrogens is 258 g/mol. The lowest BCUT2D eigenvalue weighted by molar-refractivity contribution is 0.223. The summed E-state index contributed by atoms with van der Waals surface area (Å²) in [5, 5.41) is 22.5. The second-order valence-electron chi connectivity index (χ2n) is 5.24. The van der Waals surface area contributed by atoms with Gasteiger partial charge in [0, 0.05) is 12.6 Å². The molecule has 5 nitrogen and oxygen atoms in total. The van der Waals surface area contributed by atoms with Gasteiger partial charge in [-0.05, 0) is 30.0 Å². The monoisotopic (exact) mass is 283 g/mol. The number of rotatable bonds is 8. The molecule has 0 heterocycles. The van der Waals surface area contributed by atoms with Crippen molar-refractivity contribution in [3.63, 3.8) is 0 Å². The Hall–Kier alpha value is -1.46. The maximum absolute atomic E-state index is 9.85. The Labute approximate surface area is 120 Å². The number of benzene rings is 1. The van der Waals surface area contributed by atoms with Crippen LogP contribution in [0.3, 0.4) is 0 Å². The van der Waals surface area contributed by atoms with E-state index in [1.54, 1.807) is 12.1 Å². The van der Waals surface area contributed by atoms with Crippen LogP contribution in [-0.4, -0.2) is 37.1 Å². The molecule has 3 N–H and O–H groups in total. The molecule has 0 aliphatic rings. The van der Waals surface area contributed by atoms with Gasteiger partial charge in [0.15, 0.2) is 11.5 Å². The smallest absolute Gasteiger partial charge is 0.200 e. The van der Waals surface area contributed by atoms with E-state index in [0.717, 1.165) is 12.0 Å². The summed E-state index contributed by atoms with van der Waals surface area (Å²) in [7, 11) is 3.00. The van der Waals surface area contributed by atoms with Gasteiger partial charge < -0.3 is 25.0 Å². The van der Waals surface area contributed by atoms with Crippen LogP contribution in [0.1, 0.15) is 25.8 Å². The number of phenols is 1. The number of methoxy groups -OCH3 is 2. The Morgan fingerprint density at radius 2 is 1.70 bits per heavy atom. The summed E-state index contributed by atoms with van der Waals surface area (Å²) in [6.07, 6.45) is 0.906. The minimum Gasteiger partial charge on any atom is -0.502 e. The highest BCUT2D eigenvalue weighted by Gasteiger charge is 2.13. The molecule has 1 unspecified atom stereocenters.